The van der Waals surface area contributed by atoms with Crippen LogP contribution in [0.15, 0.2) is 66.7 Å². The molecule has 7 heteroatoms. The third-order valence-electron chi connectivity index (χ3n) is 5.36. The second-order valence-corrected chi connectivity index (χ2v) is 8.92. The Bertz CT molecular complexity index is 1260. The zero-order valence-electron chi connectivity index (χ0n) is 18.6. The molecule has 6 nitrogen and oxygen atoms in total. The van der Waals surface area contributed by atoms with Crippen LogP contribution in [0, 0.1) is 13.8 Å². The number of benzene rings is 3. The van der Waals surface area contributed by atoms with Crippen LogP contribution in [-0.4, -0.2) is 23.5 Å². The van der Waals surface area contributed by atoms with Crippen LogP contribution in [0.1, 0.15) is 33.5 Å². The molecule has 0 unspecified atom stereocenters. The van der Waals surface area contributed by atoms with E-state index < -0.39 is 0 Å². The number of fused-ring (bicyclic) bond motifs is 1. The number of carbonyl (C=O) groups is 2. The summed E-state index contributed by atoms with van der Waals surface area (Å²) in [5, 5.41) is 9.16. The summed E-state index contributed by atoms with van der Waals surface area (Å²) in [4.78, 5) is 29.5. The standard InChI is InChI=1S/C26H26N4O2S/c1-17-8-6-9-18(2)23(17)29-24(31)20-13-14-21-22(16-20)33-26(28-21)30-25(32)27-15-7-12-19-10-4-3-5-11-19/h3-6,8-11,13-14,16H,7,12,15H2,1-2H3,(H,29,31)(H2,27,28,30,32). The molecule has 4 aromatic rings. The number of anilines is 2. The predicted molar refractivity (Wildman–Crippen MR) is 135 cm³/mol. The summed E-state index contributed by atoms with van der Waals surface area (Å²) < 4.78 is 0.837. The van der Waals surface area contributed by atoms with Crippen LogP contribution >= 0.6 is 11.3 Å². The summed E-state index contributed by atoms with van der Waals surface area (Å²) in [7, 11) is 0. The van der Waals surface area contributed by atoms with E-state index in [1.165, 1.54) is 16.9 Å². The molecular formula is C26H26N4O2S. The van der Waals surface area contributed by atoms with E-state index in [0.717, 1.165) is 39.9 Å². The smallest absolute Gasteiger partial charge is 0.321 e. The highest BCUT2D eigenvalue weighted by Gasteiger charge is 2.13. The quantitative estimate of drug-likeness (QED) is 0.301. The van der Waals surface area contributed by atoms with E-state index in [1.54, 1.807) is 18.2 Å². The summed E-state index contributed by atoms with van der Waals surface area (Å²) in [6, 6.07) is 21.2. The number of urea groups is 1. The molecular weight excluding hydrogens is 432 g/mol. The minimum atomic E-state index is -0.282. The fourth-order valence-corrected chi connectivity index (χ4v) is 4.50. The fourth-order valence-electron chi connectivity index (χ4n) is 3.60. The number of rotatable bonds is 7. The van der Waals surface area contributed by atoms with Crippen molar-refractivity contribution in [1.29, 1.82) is 0 Å². The lowest BCUT2D eigenvalue weighted by Crippen LogP contribution is -2.29. The first-order chi connectivity index (χ1) is 16.0. The van der Waals surface area contributed by atoms with Gasteiger partial charge in [0.05, 0.1) is 10.2 Å². The number of para-hydroxylation sites is 1. The molecule has 168 valence electrons. The van der Waals surface area contributed by atoms with Crippen molar-refractivity contribution in [2.24, 2.45) is 0 Å². The number of carbonyl (C=O) groups excluding carboxylic acids is 2. The molecule has 3 N–H and O–H groups in total. The Labute approximate surface area is 197 Å². The van der Waals surface area contributed by atoms with Gasteiger partial charge in [0.15, 0.2) is 5.13 Å². The lowest BCUT2D eigenvalue weighted by Gasteiger charge is -2.11. The molecule has 0 aliphatic carbocycles. The number of nitrogens with one attached hydrogen (secondary N) is 3. The van der Waals surface area contributed by atoms with Crippen molar-refractivity contribution in [1.82, 2.24) is 10.3 Å². The van der Waals surface area contributed by atoms with Crippen molar-refractivity contribution in [3.8, 4) is 0 Å². The van der Waals surface area contributed by atoms with E-state index in [9.17, 15) is 9.59 Å². The Hall–Kier alpha value is -3.71. The molecule has 33 heavy (non-hydrogen) atoms. The van der Waals surface area contributed by atoms with Crippen LogP contribution in [-0.2, 0) is 6.42 Å². The third kappa shape index (κ3) is 5.75. The number of nitrogens with zero attached hydrogens (tertiary/aromatic N) is 1. The topological polar surface area (TPSA) is 83.1 Å². The molecule has 0 fully saturated rings. The van der Waals surface area contributed by atoms with Crippen LogP contribution in [0.2, 0.25) is 0 Å². The minimum Gasteiger partial charge on any atom is -0.338 e. The van der Waals surface area contributed by atoms with Crippen LogP contribution < -0.4 is 16.0 Å². The highest BCUT2D eigenvalue weighted by Crippen LogP contribution is 2.27. The van der Waals surface area contributed by atoms with Crippen molar-refractivity contribution in [3.63, 3.8) is 0 Å². The van der Waals surface area contributed by atoms with Crippen LogP contribution in [0.4, 0.5) is 15.6 Å². The molecule has 1 aromatic heterocycles. The second-order valence-electron chi connectivity index (χ2n) is 7.89. The van der Waals surface area contributed by atoms with Gasteiger partial charge in [0, 0.05) is 17.8 Å². The maximum Gasteiger partial charge on any atom is 0.321 e. The number of aryl methyl sites for hydroxylation is 3. The summed E-state index contributed by atoms with van der Waals surface area (Å²) in [5.41, 5.74) is 5.40. The monoisotopic (exact) mass is 458 g/mol. The average Bonchev–Trinajstić information content (AvgIpc) is 3.21. The number of amides is 3. The zero-order valence-corrected chi connectivity index (χ0v) is 19.5. The largest absolute Gasteiger partial charge is 0.338 e. The highest BCUT2D eigenvalue weighted by atomic mass is 32.1. The van der Waals surface area contributed by atoms with E-state index >= 15 is 0 Å². The van der Waals surface area contributed by atoms with Crippen LogP contribution in [0.3, 0.4) is 0 Å². The summed E-state index contributed by atoms with van der Waals surface area (Å²) >= 11 is 1.34. The summed E-state index contributed by atoms with van der Waals surface area (Å²) in [6.07, 6.45) is 1.77. The molecule has 4 rings (SSSR count). The van der Waals surface area contributed by atoms with Crippen molar-refractivity contribution in [2.75, 3.05) is 17.2 Å². The maximum atomic E-state index is 12.8. The molecule has 0 saturated heterocycles. The van der Waals surface area contributed by atoms with E-state index in [0.29, 0.717) is 17.2 Å². The minimum absolute atomic E-state index is 0.173. The number of hydrogen-bond acceptors (Lipinski definition) is 4. The van der Waals surface area contributed by atoms with Crippen LogP contribution in [0.5, 0.6) is 0 Å². The van der Waals surface area contributed by atoms with Gasteiger partial charge in [-0.3, -0.25) is 10.1 Å². The lowest BCUT2D eigenvalue weighted by molar-refractivity contribution is 0.102. The fraction of sp³-hybridized carbons (Fsp3) is 0.192. The van der Waals surface area contributed by atoms with E-state index in [4.69, 9.17) is 0 Å². The van der Waals surface area contributed by atoms with Gasteiger partial charge in [-0.15, -0.1) is 0 Å². The van der Waals surface area contributed by atoms with Crippen molar-refractivity contribution < 1.29 is 9.59 Å². The number of hydrogen-bond donors (Lipinski definition) is 3. The van der Waals surface area contributed by atoms with E-state index in [1.807, 2.05) is 50.2 Å². The van der Waals surface area contributed by atoms with E-state index in [2.05, 4.69) is 33.1 Å². The van der Waals surface area contributed by atoms with Crippen molar-refractivity contribution in [2.45, 2.75) is 26.7 Å². The Morgan fingerprint density at radius 1 is 0.909 bits per heavy atom. The van der Waals surface area contributed by atoms with Gasteiger partial charge in [0.25, 0.3) is 5.91 Å². The van der Waals surface area contributed by atoms with Gasteiger partial charge >= 0.3 is 6.03 Å². The molecule has 0 aliphatic rings. The molecule has 0 bridgehead atoms. The van der Waals surface area contributed by atoms with Crippen molar-refractivity contribution >= 4 is 44.3 Å². The molecule has 1 heterocycles. The first-order valence-electron chi connectivity index (χ1n) is 10.9. The second kappa shape index (κ2) is 10.3. The maximum absolute atomic E-state index is 12.8. The molecule has 0 aliphatic heterocycles. The zero-order chi connectivity index (χ0) is 23.2. The highest BCUT2D eigenvalue weighted by molar-refractivity contribution is 7.22. The van der Waals surface area contributed by atoms with Gasteiger partial charge in [-0.25, -0.2) is 9.78 Å². The first-order valence-corrected chi connectivity index (χ1v) is 11.7. The molecule has 3 amide bonds. The van der Waals surface area contributed by atoms with Crippen molar-refractivity contribution in [3.05, 3.63) is 89.0 Å². The lowest BCUT2D eigenvalue weighted by atomic mass is 10.1. The van der Waals surface area contributed by atoms with Gasteiger partial charge in [-0.05, 0) is 61.6 Å². The Morgan fingerprint density at radius 2 is 1.67 bits per heavy atom. The molecule has 0 saturated carbocycles. The summed E-state index contributed by atoms with van der Waals surface area (Å²) in [6.45, 7) is 4.52. The Morgan fingerprint density at radius 3 is 2.42 bits per heavy atom. The van der Waals surface area contributed by atoms with Gasteiger partial charge in [-0.2, -0.15) is 0 Å². The summed E-state index contributed by atoms with van der Waals surface area (Å²) in [5.74, 6) is -0.173. The van der Waals surface area contributed by atoms with Crippen LogP contribution in [0.25, 0.3) is 10.2 Å². The van der Waals surface area contributed by atoms with Gasteiger partial charge in [-0.1, -0.05) is 59.9 Å². The normalized spacial score (nSPS) is 10.7. The van der Waals surface area contributed by atoms with E-state index in [-0.39, 0.29) is 11.9 Å². The predicted octanol–water partition coefficient (Wildman–Crippen LogP) is 5.92. The Balaban J connectivity index is 1.34. The number of thiazole rings is 1. The molecule has 0 atom stereocenters. The van der Waals surface area contributed by atoms with Gasteiger partial charge in [0.1, 0.15) is 0 Å². The SMILES string of the molecule is Cc1cccc(C)c1NC(=O)c1ccc2nc(NC(=O)NCCCc3ccccc3)sc2c1. The number of aromatic nitrogens is 1. The first kappa shape index (κ1) is 22.5. The Kier molecular flexibility index (Phi) is 7.00. The molecule has 0 spiro atoms. The van der Waals surface area contributed by atoms with Gasteiger partial charge in [0.2, 0.25) is 0 Å². The molecule has 0 radical (unpaired) electrons. The third-order valence-corrected chi connectivity index (χ3v) is 6.29. The molecule has 3 aromatic carbocycles. The average molecular weight is 459 g/mol. The van der Waals surface area contributed by atoms with Gasteiger partial charge < -0.3 is 10.6 Å².